The fourth-order valence-corrected chi connectivity index (χ4v) is 5.56. The summed E-state index contributed by atoms with van der Waals surface area (Å²) < 4.78 is 0. The van der Waals surface area contributed by atoms with Gasteiger partial charge >= 0.3 is 0 Å². The topological polar surface area (TPSA) is 40.5 Å². The third-order valence-corrected chi connectivity index (χ3v) is 6.95. The highest BCUT2D eigenvalue weighted by Crippen LogP contribution is 2.67. The molecule has 1 saturated heterocycles. The van der Waals surface area contributed by atoms with Gasteiger partial charge in [0.05, 0.1) is 0 Å². The van der Waals surface area contributed by atoms with Gasteiger partial charge in [-0.05, 0) is 36.5 Å². The van der Waals surface area contributed by atoms with Crippen LogP contribution in [0.2, 0.25) is 0 Å². The minimum Gasteiger partial charge on any atom is -0.508 e. The van der Waals surface area contributed by atoms with Gasteiger partial charge in [-0.25, -0.2) is 0 Å². The lowest BCUT2D eigenvalue weighted by Crippen LogP contribution is -1.94. The van der Waals surface area contributed by atoms with Gasteiger partial charge in [-0.15, -0.1) is 9.24 Å². The first-order valence-corrected chi connectivity index (χ1v) is 7.42. The Morgan fingerprint density at radius 2 is 1.79 bits per heavy atom. The predicted octanol–water partition coefficient (Wildman–Crippen LogP) is 3.21. The number of halogens is 1. The molecule has 1 aromatic rings. The molecule has 4 heteroatoms. The summed E-state index contributed by atoms with van der Waals surface area (Å²) in [5, 5.41) is 18.9. The van der Waals surface area contributed by atoms with Gasteiger partial charge < -0.3 is 10.2 Å². The predicted molar refractivity (Wildman–Crippen MR) is 60.4 cm³/mol. The molecule has 2 N–H and O–H groups in total. The van der Waals surface area contributed by atoms with Gasteiger partial charge in [-0.1, -0.05) is 10.7 Å². The summed E-state index contributed by atoms with van der Waals surface area (Å²) in [7, 11) is 5.18. The van der Waals surface area contributed by atoms with E-state index in [1.54, 1.807) is 12.1 Å². The number of phenolic OH excluding ortho intramolecular Hbond substituents is 2. The van der Waals surface area contributed by atoms with Gasteiger partial charge in [0.2, 0.25) is 0 Å². The van der Waals surface area contributed by atoms with Gasteiger partial charge in [0, 0.05) is 11.0 Å². The van der Waals surface area contributed by atoms with Crippen LogP contribution in [0.1, 0.15) is 12.8 Å². The third kappa shape index (κ3) is 1.66. The minimum absolute atomic E-state index is 0.0870. The highest BCUT2D eigenvalue weighted by molar-refractivity contribution is 8.51. The van der Waals surface area contributed by atoms with E-state index < -0.39 is 9.24 Å². The van der Waals surface area contributed by atoms with E-state index in [0.29, 0.717) is 0 Å². The van der Waals surface area contributed by atoms with Crippen molar-refractivity contribution in [2.75, 3.05) is 11.5 Å². The zero-order valence-corrected chi connectivity index (χ0v) is 9.31. The summed E-state index contributed by atoms with van der Waals surface area (Å²) in [6.45, 7) is 0. The number of hydrogen-bond donors (Lipinski definition) is 2. The van der Waals surface area contributed by atoms with E-state index >= 15 is 0 Å². The Kier molecular flexibility index (Phi) is 2.54. The highest BCUT2D eigenvalue weighted by Gasteiger charge is 2.30. The lowest BCUT2D eigenvalue weighted by atomic mass is 10.3. The summed E-state index contributed by atoms with van der Waals surface area (Å²) in [6.07, 6.45) is 2.28. The zero-order chi connectivity index (χ0) is 10.2. The van der Waals surface area contributed by atoms with Crippen LogP contribution in [-0.2, 0) is 0 Å². The molecule has 1 fully saturated rings. The van der Waals surface area contributed by atoms with Crippen LogP contribution in [0.5, 0.6) is 11.5 Å². The van der Waals surface area contributed by atoms with Crippen LogP contribution >= 0.6 is 19.9 Å². The summed E-state index contributed by atoms with van der Waals surface area (Å²) >= 11 is 0. The van der Waals surface area contributed by atoms with E-state index in [1.165, 1.54) is 6.07 Å². The van der Waals surface area contributed by atoms with Crippen molar-refractivity contribution in [1.82, 2.24) is 0 Å². The third-order valence-electron chi connectivity index (χ3n) is 2.52. The average Bonchev–Trinajstić information content (AvgIpc) is 2.52. The zero-order valence-electron chi connectivity index (χ0n) is 7.74. The Labute approximate surface area is 89.3 Å². The normalized spacial score (nSPS) is 22.1. The van der Waals surface area contributed by atoms with Gasteiger partial charge in [-0.3, -0.25) is 0 Å². The lowest BCUT2D eigenvalue weighted by molar-refractivity contribution is 0.441. The second-order valence-electron chi connectivity index (χ2n) is 3.56. The standard InChI is InChI=1S/C10H13ClO2S/c11-14(5-1-2-6-14)10-4-3-8(12)7-9(10)13/h3-4,7,12-13H,1-2,5-6H2. The molecule has 1 heterocycles. The monoisotopic (exact) mass is 232 g/mol. The van der Waals surface area contributed by atoms with E-state index in [1.807, 2.05) is 0 Å². The molecule has 14 heavy (non-hydrogen) atoms. The Bertz CT molecular complexity index is 348. The number of hydrogen-bond acceptors (Lipinski definition) is 2. The number of phenols is 2. The molecule has 2 nitrogen and oxygen atoms in total. The molecule has 1 aromatic carbocycles. The van der Waals surface area contributed by atoms with Gasteiger partial charge in [0.15, 0.2) is 0 Å². The summed E-state index contributed by atoms with van der Waals surface area (Å²) in [5.41, 5.74) is 0. The molecule has 0 atom stereocenters. The lowest BCUT2D eigenvalue weighted by Gasteiger charge is -2.28. The Hall–Kier alpha value is -0.540. The molecule has 1 aliphatic heterocycles. The molecule has 78 valence electrons. The van der Waals surface area contributed by atoms with Crippen molar-refractivity contribution in [2.24, 2.45) is 0 Å². The molecule has 0 amide bonds. The Balaban J connectivity index is 2.40. The molecule has 0 bridgehead atoms. The smallest absolute Gasteiger partial charge is 0.132 e. The minimum atomic E-state index is -1.32. The van der Waals surface area contributed by atoms with Crippen LogP contribution in [0.15, 0.2) is 23.1 Å². The van der Waals surface area contributed by atoms with E-state index in [0.717, 1.165) is 29.2 Å². The van der Waals surface area contributed by atoms with E-state index in [-0.39, 0.29) is 11.5 Å². The first kappa shape index (κ1) is 9.99. The number of benzene rings is 1. The second kappa shape index (κ2) is 3.55. The van der Waals surface area contributed by atoms with Crippen LogP contribution < -0.4 is 0 Å². The van der Waals surface area contributed by atoms with E-state index in [4.69, 9.17) is 10.7 Å². The Morgan fingerprint density at radius 1 is 1.14 bits per heavy atom. The average molecular weight is 233 g/mol. The number of aromatic hydroxyl groups is 2. The fourth-order valence-electron chi connectivity index (χ4n) is 1.80. The van der Waals surface area contributed by atoms with Crippen molar-refractivity contribution >= 4 is 19.9 Å². The van der Waals surface area contributed by atoms with Gasteiger partial charge in [-0.2, -0.15) is 0 Å². The number of rotatable bonds is 1. The summed E-state index contributed by atoms with van der Waals surface area (Å²) in [5.74, 6) is 2.18. The van der Waals surface area contributed by atoms with Crippen molar-refractivity contribution in [3.05, 3.63) is 18.2 Å². The van der Waals surface area contributed by atoms with Crippen molar-refractivity contribution < 1.29 is 10.2 Å². The summed E-state index contributed by atoms with van der Waals surface area (Å²) in [6, 6.07) is 4.70. The second-order valence-corrected chi connectivity index (χ2v) is 8.16. The summed E-state index contributed by atoms with van der Waals surface area (Å²) in [4.78, 5) is 0.828. The first-order chi connectivity index (χ1) is 6.62. The molecule has 0 unspecified atom stereocenters. The van der Waals surface area contributed by atoms with Gasteiger partial charge in [0.25, 0.3) is 0 Å². The largest absolute Gasteiger partial charge is 0.508 e. The van der Waals surface area contributed by atoms with Crippen LogP contribution in [-0.4, -0.2) is 21.7 Å². The van der Waals surface area contributed by atoms with Crippen LogP contribution in [0.4, 0.5) is 0 Å². The molecule has 0 saturated carbocycles. The molecular weight excluding hydrogens is 220 g/mol. The highest BCUT2D eigenvalue weighted by atomic mass is 35.7. The van der Waals surface area contributed by atoms with Crippen molar-refractivity contribution in [3.8, 4) is 11.5 Å². The van der Waals surface area contributed by atoms with E-state index in [2.05, 4.69) is 0 Å². The molecule has 0 spiro atoms. The van der Waals surface area contributed by atoms with Crippen LogP contribution in [0.3, 0.4) is 0 Å². The fraction of sp³-hybridized carbons (Fsp3) is 0.400. The quantitative estimate of drug-likeness (QED) is 0.781. The maximum Gasteiger partial charge on any atom is 0.132 e. The molecule has 0 aromatic heterocycles. The molecular formula is C10H13ClO2S. The van der Waals surface area contributed by atoms with Crippen LogP contribution in [0.25, 0.3) is 0 Å². The Morgan fingerprint density at radius 3 is 2.36 bits per heavy atom. The van der Waals surface area contributed by atoms with Gasteiger partial charge in [0.1, 0.15) is 11.5 Å². The molecule has 1 aliphatic rings. The first-order valence-electron chi connectivity index (χ1n) is 4.62. The molecule has 0 radical (unpaired) electrons. The van der Waals surface area contributed by atoms with E-state index in [9.17, 15) is 10.2 Å². The maximum atomic E-state index is 9.69. The van der Waals surface area contributed by atoms with Crippen molar-refractivity contribution in [3.63, 3.8) is 0 Å². The van der Waals surface area contributed by atoms with Crippen LogP contribution in [0, 0.1) is 0 Å². The van der Waals surface area contributed by atoms with Crippen molar-refractivity contribution in [2.45, 2.75) is 17.7 Å². The SMILES string of the molecule is Oc1ccc(S2(Cl)CCCC2)c(O)c1. The maximum absolute atomic E-state index is 9.69. The molecule has 2 rings (SSSR count). The molecule has 0 aliphatic carbocycles. The van der Waals surface area contributed by atoms with Crippen molar-refractivity contribution in [1.29, 1.82) is 0 Å².